The SMILES string of the molecule is CCCc1c(OCCCSc2ccc3c(c2)CC(CC(=O)[O-])C3O)ccc(C(C)=O)c1O.[Na+]. The predicted molar refractivity (Wildman–Crippen MR) is 121 cm³/mol. The molecule has 0 spiro atoms. The van der Waals surface area contributed by atoms with Crippen molar-refractivity contribution >= 4 is 23.5 Å². The van der Waals surface area contributed by atoms with Gasteiger partial charge in [-0.25, -0.2) is 0 Å². The second-order valence-electron chi connectivity index (χ2n) is 8.14. The van der Waals surface area contributed by atoms with Crippen LogP contribution in [0.5, 0.6) is 11.5 Å². The maximum Gasteiger partial charge on any atom is 1.00 e. The quantitative estimate of drug-likeness (QED) is 0.208. The van der Waals surface area contributed by atoms with Crippen molar-refractivity contribution in [1.29, 1.82) is 0 Å². The Hall–Kier alpha value is -1.51. The van der Waals surface area contributed by atoms with E-state index in [4.69, 9.17) is 4.74 Å². The van der Waals surface area contributed by atoms with Crippen LogP contribution in [0.15, 0.2) is 35.2 Å². The largest absolute Gasteiger partial charge is 1.00 e. The van der Waals surface area contributed by atoms with Gasteiger partial charge in [0.15, 0.2) is 5.78 Å². The Balaban J connectivity index is 0.00000385. The molecule has 2 aromatic carbocycles. The summed E-state index contributed by atoms with van der Waals surface area (Å²) in [4.78, 5) is 23.6. The van der Waals surface area contributed by atoms with Gasteiger partial charge in [-0.05, 0) is 73.9 Å². The Morgan fingerprint density at radius 3 is 2.67 bits per heavy atom. The number of ether oxygens (including phenoxy) is 1. The number of Topliss-reactive ketones (excluding diaryl/α,β-unsaturated/α-hetero) is 1. The number of fused-ring (bicyclic) bond motifs is 1. The number of phenols is 1. The second kappa shape index (κ2) is 12.8. The first-order valence-corrected chi connectivity index (χ1v) is 11.9. The summed E-state index contributed by atoms with van der Waals surface area (Å²) in [7, 11) is 0. The Kier molecular flexibility index (Phi) is 10.8. The van der Waals surface area contributed by atoms with Crippen LogP contribution in [0.2, 0.25) is 0 Å². The van der Waals surface area contributed by atoms with E-state index >= 15 is 0 Å². The molecule has 0 aliphatic heterocycles. The number of carboxylic acids is 1. The van der Waals surface area contributed by atoms with Gasteiger partial charge in [-0.1, -0.05) is 19.4 Å². The van der Waals surface area contributed by atoms with Crippen molar-refractivity contribution in [2.24, 2.45) is 5.92 Å². The molecule has 0 saturated carbocycles. The Labute approximate surface area is 221 Å². The summed E-state index contributed by atoms with van der Waals surface area (Å²) in [5.41, 5.74) is 2.80. The zero-order valence-corrected chi connectivity index (χ0v) is 22.2. The van der Waals surface area contributed by atoms with Gasteiger partial charge >= 0.3 is 29.6 Å². The fourth-order valence-corrected chi connectivity index (χ4v) is 5.03. The number of ketones is 1. The third-order valence-electron chi connectivity index (χ3n) is 5.72. The second-order valence-corrected chi connectivity index (χ2v) is 9.31. The Morgan fingerprint density at radius 1 is 1.24 bits per heavy atom. The van der Waals surface area contributed by atoms with Gasteiger partial charge in [-0.2, -0.15) is 0 Å². The number of aliphatic carboxylic acids is 1. The molecule has 0 radical (unpaired) electrons. The standard InChI is InChI=1S/C25H30O6S.Na/c1-3-5-21-22(9-8-19(15(2)26)25(21)30)31-10-4-11-32-18-6-7-20-16(13-18)12-17(24(20)29)14-23(27)28;/h6-9,13,17,24,29-30H,3-5,10-12,14H2,1-2H3,(H,27,28);/q;+1/p-1. The number of hydrogen-bond acceptors (Lipinski definition) is 7. The molecule has 0 amide bonds. The molecule has 2 aromatic rings. The molecule has 2 N–H and O–H groups in total. The van der Waals surface area contributed by atoms with Crippen LogP contribution in [-0.2, 0) is 17.6 Å². The topological polar surface area (TPSA) is 107 Å². The molecule has 0 bridgehead atoms. The molecule has 33 heavy (non-hydrogen) atoms. The molecule has 0 saturated heterocycles. The molecule has 2 unspecified atom stereocenters. The van der Waals surface area contributed by atoms with Gasteiger partial charge in [-0.15, -0.1) is 11.8 Å². The summed E-state index contributed by atoms with van der Waals surface area (Å²) in [6, 6.07) is 9.21. The molecule has 3 rings (SSSR count). The van der Waals surface area contributed by atoms with Crippen LogP contribution in [0, 0.1) is 5.92 Å². The molecule has 172 valence electrons. The van der Waals surface area contributed by atoms with E-state index in [1.807, 2.05) is 25.1 Å². The van der Waals surface area contributed by atoms with Crippen molar-refractivity contribution in [3.05, 3.63) is 52.6 Å². The van der Waals surface area contributed by atoms with Crippen molar-refractivity contribution in [3.63, 3.8) is 0 Å². The van der Waals surface area contributed by atoms with E-state index in [1.165, 1.54) is 6.92 Å². The smallest absolute Gasteiger partial charge is 0.550 e. The van der Waals surface area contributed by atoms with E-state index in [2.05, 4.69) is 0 Å². The molecule has 8 heteroatoms. The summed E-state index contributed by atoms with van der Waals surface area (Å²) in [5.74, 6) is -0.177. The fraction of sp³-hybridized carbons (Fsp3) is 0.440. The first-order chi connectivity index (χ1) is 15.3. The monoisotopic (exact) mass is 480 g/mol. The van der Waals surface area contributed by atoms with E-state index in [0.29, 0.717) is 36.3 Å². The minimum absolute atomic E-state index is 0. The molecule has 1 aliphatic rings. The van der Waals surface area contributed by atoms with Crippen molar-refractivity contribution < 1.29 is 59.2 Å². The molecular weight excluding hydrogens is 451 g/mol. The number of aromatic hydroxyl groups is 1. The van der Waals surface area contributed by atoms with Crippen molar-refractivity contribution in [2.75, 3.05) is 12.4 Å². The number of carbonyl (C=O) groups excluding carboxylic acids is 2. The van der Waals surface area contributed by atoms with Gasteiger partial charge in [-0.3, -0.25) is 4.79 Å². The van der Waals surface area contributed by atoms with E-state index < -0.39 is 12.1 Å². The molecule has 2 atom stereocenters. The Morgan fingerprint density at radius 2 is 2.00 bits per heavy atom. The number of rotatable bonds is 11. The van der Waals surface area contributed by atoms with Gasteiger partial charge in [0.25, 0.3) is 0 Å². The van der Waals surface area contributed by atoms with Crippen molar-refractivity contribution in [3.8, 4) is 11.5 Å². The maximum absolute atomic E-state index is 11.7. The van der Waals surface area contributed by atoms with Gasteiger partial charge in [0.1, 0.15) is 11.5 Å². The fourth-order valence-electron chi connectivity index (χ4n) is 4.14. The van der Waals surface area contributed by atoms with E-state index in [1.54, 1.807) is 23.9 Å². The molecule has 0 heterocycles. The first-order valence-electron chi connectivity index (χ1n) is 10.9. The number of phenolic OH excluding ortho intramolecular Hbond substituents is 1. The zero-order chi connectivity index (χ0) is 23.3. The van der Waals surface area contributed by atoms with Crippen LogP contribution in [-0.4, -0.2) is 34.3 Å². The summed E-state index contributed by atoms with van der Waals surface area (Å²) >= 11 is 1.68. The maximum atomic E-state index is 11.7. The summed E-state index contributed by atoms with van der Waals surface area (Å²) in [6.07, 6.45) is 1.91. The summed E-state index contributed by atoms with van der Waals surface area (Å²) in [5, 5.41) is 31.6. The molecule has 0 fully saturated rings. The summed E-state index contributed by atoms with van der Waals surface area (Å²) in [6.45, 7) is 3.93. The number of hydrogen-bond donors (Lipinski definition) is 2. The minimum Gasteiger partial charge on any atom is -0.550 e. The number of carbonyl (C=O) groups is 2. The minimum atomic E-state index is -1.14. The normalized spacial score (nSPS) is 16.7. The van der Waals surface area contributed by atoms with Gasteiger partial charge in [0, 0.05) is 22.2 Å². The van der Waals surface area contributed by atoms with Crippen LogP contribution >= 0.6 is 11.8 Å². The molecule has 6 nitrogen and oxygen atoms in total. The zero-order valence-electron chi connectivity index (χ0n) is 19.4. The van der Waals surface area contributed by atoms with E-state index in [0.717, 1.165) is 34.6 Å². The van der Waals surface area contributed by atoms with Crippen LogP contribution in [0.4, 0.5) is 0 Å². The van der Waals surface area contributed by atoms with Crippen LogP contribution in [0.1, 0.15) is 66.3 Å². The van der Waals surface area contributed by atoms with Crippen molar-refractivity contribution in [1.82, 2.24) is 0 Å². The third-order valence-corrected chi connectivity index (χ3v) is 6.80. The summed E-state index contributed by atoms with van der Waals surface area (Å²) < 4.78 is 5.90. The van der Waals surface area contributed by atoms with Crippen LogP contribution in [0.25, 0.3) is 0 Å². The molecule has 0 aromatic heterocycles. The predicted octanol–water partition coefficient (Wildman–Crippen LogP) is 0.458. The number of aliphatic hydroxyl groups excluding tert-OH is 1. The Bertz CT molecular complexity index is 993. The van der Waals surface area contributed by atoms with Gasteiger partial charge in [0.2, 0.25) is 0 Å². The van der Waals surface area contributed by atoms with E-state index in [-0.39, 0.29) is 53.4 Å². The van der Waals surface area contributed by atoms with Gasteiger partial charge in [0.05, 0.1) is 18.3 Å². The molecular formula is C25H29NaO6S. The average Bonchev–Trinajstić information content (AvgIpc) is 3.04. The number of carboxylic acid groups (broad SMARTS) is 1. The van der Waals surface area contributed by atoms with Crippen LogP contribution < -0.4 is 39.4 Å². The number of thioether (sulfide) groups is 1. The van der Waals surface area contributed by atoms with Gasteiger partial charge < -0.3 is 24.9 Å². The number of benzene rings is 2. The van der Waals surface area contributed by atoms with Crippen molar-refractivity contribution in [2.45, 2.75) is 57.0 Å². The third kappa shape index (κ3) is 6.99. The van der Waals surface area contributed by atoms with Crippen LogP contribution in [0.3, 0.4) is 0 Å². The first kappa shape index (κ1) is 27.7. The van der Waals surface area contributed by atoms with E-state index in [9.17, 15) is 24.9 Å². The average molecular weight is 481 g/mol. The molecule has 1 aliphatic carbocycles. The number of aliphatic hydroxyl groups is 1.